The number of aliphatic hydroxyl groups is 1. The molecule has 1 aromatic carbocycles. The van der Waals surface area contributed by atoms with Gasteiger partial charge in [-0.2, -0.15) is 4.52 Å². The van der Waals surface area contributed by atoms with Gasteiger partial charge in [-0.1, -0.05) is 0 Å². The second-order valence-electron chi connectivity index (χ2n) is 9.93. The van der Waals surface area contributed by atoms with Crippen LogP contribution in [0.15, 0.2) is 30.5 Å². The predicted octanol–water partition coefficient (Wildman–Crippen LogP) is 2.59. The Bertz CT molecular complexity index is 1480. The van der Waals surface area contributed by atoms with Crippen molar-refractivity contribution < 1.29 is 18.7 Å². The van der Waals surface area contributed by atoms with Crippen molar-refractivity contribution in [1.82, 2.24) is 29.5 Å². The number of carbonyl (C=O) groups excluding carboxylic acids is 1. The van der Waals surface area contributed by atoms with Gasteiger partial charge in [0.05, 0.1) is 16.6 Å². The number of fused-ring (bicyclic) bond motifs is 3. The largest absolute Gasteiger partial charge is 0.386 e. The van der Waals surface area contributed by atoms with E-state index in [2.05, 4.69) is 20.1 Å². The van der Waals surface area contributed by atoms with Gasteiger partial charge in [0.1, 0.15) is 17.2 Å². The van der Waals surface area contributed by atoms with Crippen molar-refractivity contribution in [2.45, 2.75) is 44.8 Å². The molecule has 1 saturated heterocycles. The molecule has 194 valence electrons. The van der Waals surface area contributed by atoms with Gasteiger partial charge in [0.15, 0.2) is 17.3 Å². The fourth-order valence-corrected chi connectivity index (χ4v) is 4.60. The third kappa shape index (κ3) is 4.76. The van der Waals surface area contributed by atoms with Crippen LogP contribution in [0, 0.1) is 11.6 Å². The summed E-state index contributed by atoms with van der Waals surface area (Å²) in [6, 6.07) is 5.39. The van der Waals surface area contributed by atoms with Gasteiger partial charge in [-0.3, -0.25) is 4.79 Å². The van der Waals surface area contributed by atoms with E-state index < -0.39 is 17.2 Å². The predicted molar refractivity (Wildman–Crippen MR) is 134 cm³/mol. The lowest BCUT2D eigenvalue weighted by molar-refractivity contribution is 0.0305. The zero-order valence-corrected chi connectivity index (χ0v) is 20.8. The molecule has 0 saturated carbocycles. The molecule has 1 aliphatic rings. The van der Waals surface area contributed by atoms with E-state index in [1.165, 1.54) is 4.52 Å². The lowest BCUT2D eigenvalue weighted by atomic mass is 9.97. The number of halogens is 2. The van der Waals surface area contributed by atoms with Crippen LogP contribution in [0.4, 0.5) is 20.5 Å². The molecule has 0 unspecified atom stereocenters. The Hall–Kier alpha value is -3.93. The van der Waals surface area contributed by atoms with Crippen molar-refractivity contribution >= 4 is 34.2 Å². The summed E-state index contributed by atoms with van der Waals surface area (Å²) in [6.07, 6.45) is 3.41. The molecule has 10 nitrogen and oxygen atoms in total. The van der Waals surface area contributed by atoms with Crippen LogP contribution < -0.4 is 10.6 Å². The summed E-state index contributed by atoms with van der Waals surface area (Å²) in [7, 11) is 1.75. The highest BCUT2D eigenvalue weighted by Crippen LogP contribution is 2.26. The molecular formula is C25H28F2N8O2. The van der Waals surface area contributed by atoms with E-state index in [0.717, 1.165) is 18.0 Å². The summed E-state index contributed by atoms with van der Waals surface area (Å²) in [4.78, 5) is 29.4. The van der Waals surface area contributed by atoms with Gasteiger partial charge in [0.25, 0.3) is 5.91 Å². The second kappa shape index (κ2) is 9.18. The first-order valence-electron chi connectivity index (χ1n) is 12.0. The van der Waals surface area contributed by atoms with Crippen molar-refractivity contribution in [3.05, 3.63) is 53.5 Å². The molecule has 0 radical (unpaired) electrons. The molecule has 37 heavy (non-hydrogen) atoms. The van der Waals surface area contributed by atoms with E-state index >= 15 is 0 Å². The average molecular weight is 511 g/mol. The number of hydrogen-bond acceptors (Lipinski definition) is 8. The first-order valence-corrected chi connectivity index (χ1v) is 12.0. The zero-order chi connectivity index (χ0) is 26.5. The van der Waals surface area contributed by atoms with Gasteiger partial charge in [-0.15, -0.1) is 5.10 Å². The number of nitrogen functional groups attached to an aromatic ring is 1. The maximum absolute atomic E-state index is 14.2. The van der Waals surface area contributed by atoms with Crippen LogP contribution in [0.5, 0.6) is 0 Å². The van der Waals surface area contributed by atoms with Crippen LogP contribution in [0.3, 0.4) is 0 Å². The number of anilines is 2. The molecule has 0 aliphatic carbocycles. The number of β-amino-alcohol motifs (C(OH)–C–C–N with tert-alkyl or cyclic N) is 1. The van der Waals surface area contributed by atoms with Crippen molar-refractivity contribution in [1.29, 1.82) is 0 Å². The number of nitrogens with zero attached hydrogens (tertiary/aromatic N) is 7. The van der Waals surface area contributed by atoms with Gasteiger partial charge < -0.3 is 20.6 Å². The average Bonchev–Trinajstić information content (AvgIpc) is 3.27. The lowest BCUT2D eigenvalue weighted by Gasteiger charge is -2.44. The summed E-state index contributed by atoms with van der Waals surface area (Å²) in [5.74, 6) is -0.520. The quantitative estimate of drug-likeness (QED) is 0.389. The minimum Gasteiger partial charge on any atom is -0.386 e. The molecule has 1 aliphatic heterocycles. The van der Waals surface area contributed by atoms with Crippen molar-refractivity contribution in [2.75, 3.05) is 30.8 Å². The van der Waals surface area contributed by atoms with Gasteiger partial charge >= 0.3 is 0 Å². The number of aromatic nitrogens is 5. The first kappa shape index (κ1) is 24.8. The number of aryl methyl sites for hydroxylation is 1. The SMILES string of the molecule is C[C@@H](CCCc1nc2c3cc(F)cc(F)c3nc(N)n2n1)N(C)C(=O)c1ccc(N2CC(C)(O)C2)nc1. The molecule has 4 aromatic rings. The Kier molecular flexibility index (Phi) is 6.14. The molecule has 3 N–H and O–H groups in total. The summed E-state index contributed by atoms with van der Waals surface area (Å²) < 4.78 is 29.2. The summed E-state index contributed by atoms with van der Waals surface area (Å²) in [5, 5.41) is 14.5. The third-order valence-electron chi connectivity index (χ3n) is 6.75. The minimum atomic E-state index is -0.811. The van der Waals surface area contributed by atoms with Crippen molar-refractivity contribution in [2.24, 2.45) is 0 Å². The van der Waals surface area contributed by atoms with E-state index in [-0.39, 0.29) is 34.4 Å². The number of rotatable bonds is 7. The summed E-state index contributed by atoms with van der Waals surface area (Å²) in [5.41, 5.74) is 5.90. The Labute approximate surface area is 211 Å². The van der Waals surface area contributed by atoms with Crippen LogP contribution in [-0.2, 0) is 6.42 Å². The highest BCUT2D eigenvalue weighted by molar-refractivity contribution is 5.94. The number of carbonyl (C=O) groups is 1. The van der Waals surface area contributed by atoms with Gasteiger partial charge in [-0.05, 0) is 44.9 Å². The van der Waals surface area contributed by atoms with Crippen LogP contribution in [0.1, 0.15) is 42.9 Å². The third-order valence-corrected chi connectivity index (χ3v) is 6.75. The maximum Gasteiger partial charge on any atom is 0.255 e. The normalized spacial score (nSPS) is 15.7. The summed E-state index contributed by atoms with van der Waals surface area (Å²) >= 11 is 0. The van der Waals surface area contributed by atoms with E-state index in [1.54, 1.807) is 37.2 Å². The zero-order valence-electron chi connectivity index (χ0n) is 20.8. The molecule has 1 fully saturated rings. The molecule has 0 bridgehead atoms. The fourth-order valence-electron chi connectivity index (χ4n) is 4.60. The molecular weight excluding hydrogens is 482 g/mol. The fraction of sp³-hybridized carbons (Fsp3) is 0.400. The maximum atomic E-state index is 14.2. The van der Waals surface area contributed by atoms with Crippen molar-refractivity contribution in [3.63, 3.8) is 0 Å². The highest BCUT2D eigenvalue weighted by Gasteiger charge is 2.37. The van der Waals surface area contributed by atoms with Crippen LogP contribution in [0.2, 0.25) is 0 Å². The van der Waals surface area contributed by atoms with Gasteiger partial charge in [0, 0.05) is 44.9 Å². The molecule has 0 spiro atoms. The molecule has 1 atom stereocenters. The topological polar surface area (TPSA) is 126 Å². The Morgan fingerprint density at radius 3 is 2.70 bits per heavy atom. The lowest BCUT2D eigenvalue weighted by Crippen LogP contribution is -2.60. The van der Waals surface area contributed by atoms with E-state index in [0.29, 0.717) is 43.7 Å². The van der Waals surface area contributed by atoms with Crippen molar-refractivity contribution in [3.8, 4) is 0 Å². The number of amides is 1. The van der Waals surface area contributed by atoms with E-state index in [4.69, 9.17) is 5.73 Å². The standard InChI is InChI=1S/C25H28F2N8O2/c1-14(33(3)23(36)15-7-8-20(29-11-15)34-12-25(2,37)13-34)5-4-6-19-30-22-17-9-16(26)10-18(27)21(17)31-24(28)35(22)32-19/h7-11,14,37H,4-6,12-13H2,1-3H3,(H2,28,31)/t14-/m0/s1. The smallest absolute Gasteiger partial charge is 0.255 e. The Morgan fingerprint density at radius 1 is 1.27 bits per heavy atom. The first-order chi connectivity index (χ1) is 17.5. The molecule has 1 amide bonds. The Morgan fingerprint density at radius 2 is 2.03 bits per heavy atom. The Balaban J connectivity index is 1.21. The highest BCUT2D eigenvalue weighted by atomic mass is 19.1. The van der Waals surface area contributed by atoms with Gasteiger partial charge in [0.2, 0.25) is 5.95 Å². The number of benzene rings is 1. The minimum absolute atomic E-state index is 0.0374. The van der Waals surface area contributed by atoms with Gasteiger partial charge in [-0.25, -0.2) is 23.7 Å². The molecule has 4 heterocycles. The van der Waals surface area contributed by atoms with E-state index in [1.807, 2.05) is 11.8 Å². The second-order valence-corrected chi connectivity index (χ2v) is 9.93. The van der Waals surface area contributed by atoms with Crippen LogP contribution >= 0.6 is 0 Å². The molecule has 5 rings (SSSR count). The monoisotopic (exact) mass is 510 g/mol. The van der Waals surface area contributed by atoms with E-state index in [9.17, 15) is 18.7 Å². The number of pyridine rings is 1. The number of hydrogen-bond donors (Lipinski definition) is 2. The van der Waals surface area contributed by atoms with Crippen LogP contribution in [0.25, 0.3) is 16.6 Å². The summed E-state index contributed by atoms with van der Waals surface area (Å²) in [6.45, 7) is 4.76. The molecule has 3 aromatic heterocycles. The number of nitrogens with two attached hydrogens (primary N) is 1. The molecule has 12 heteroatoms. The van der Waals surface area contributed by atoms with Crippen LogP contribution in [-0.4, -0.2) is 72.3 Å².